The molecule has 0 aliphatic rings. The minimum Gasteiger partial charge on any atom is -0.318 e. The minimum atomic E-state index is -4.66. The van der Waals surface area contributed by atoms with Crippen LogP contribution in [-0.4, -0.2) is 40.1 Å². The number of carbonyl (C=O) groups is 1. The van der Waals surface area contributed by atoms with Crippen molar-refractivity contribution in [3.63, 3.8) is 0 Å². The highest BCUT2D eigenvalue weighted by molar-refractivity contribution is 9.10. The third-order valence-electron chi connectivity index (χ3n) is 4.89. The molecule has 0 saturated carbocycles. The van der Waals surface area contributed by atoms with Crippen molar-refractivity contribution in [2.75, 3.05) is 5.32 Å². The van der Waals surface area contributed by atoms with Crippen LogP contribution < -0.4 is 5.32 Å². The summed E-state index contributed by atoms with van der Waals surface area (Å²) in [6, 6.07) is 0.876. The fraction of sp³-hybridized carbons (Fsp3) is 0.316. The summed E-state index contributed by atoms with van der Waals surface area (Å²) in [6.07, 6.45) is 0.175. The van der Waals surface area contributed by atoms with Gasteiger partial charge in [-0.15, -0.1) is 0 Å². The van der Waals surface area contributed by atoms with Crippen molar-refractivity contribution in [1.29, 1.82) is 0 Å². The molecule has 0 bridgehead atoms. The summed E-state index contributed by atoms with van der Waals surface area (Å²) in [6.45, 7) is 6.61. The van der Waals surface area contributed by atoms with Gasteiger partial charge in [-0.05, 0) is 42.8 Å². The van der Waals surface area contributed by atoms with Crippen LogP contribution in [0.25, 0.3) is 5.65 Å². The molecule has 0 aromatic carbocycles. The molecular formula is C19H18BrF3N8O. The summed E-state index contributed by atoms with van der Waals surface area (Å²) in [5.41, 5.74) is 1.20. The van der Waals surface area contributed by atoms with E-state index in [-0.39, 0.29) is 21.5 Å². The van der Waals surface area contributed by atoms with Gasteiger partial charge in [-0.1, -0.05) is 0 Å². The summed E-state index contributed by atoms with van der Waals surface area (Å²) in [4.78, 5) is 16.8. The first-order valence-corrected chi connectivity index (χ1v) is 10.4. The van der Waals surface area contributed by atoms with Crippen LogP contribution in [0.2, 0.25) is 0 Å². The van der Waals surface area contributed by atoms with E-state index in [4.69, 9.17) is 0 Å². The van der Waals surface area contributed by atoms with Gasteiger partial charge in [-0.3, -0.25) is 14.2 Å². The van der Waals surface area contributed by atoms with Crippen molar-refractivity contribution in [1.82, 2.24) is 34.2 Å². The number of hydrogen-bond acceptors (Lipinski definition) is 5. The standard InChI is InChI=1S/C19H18BrF3N8O/c1-4-30-11(3)12(6-25-30)8-29-9-13(7-24-29)27-18(32)16-15(20)17-26-10(2)5-14(19(21,22)23)31(17)28-16/h5-7,9H,4,8H2,1-3H3,(H,27,32). The molecule has 0 atom stereocenters. The van der Waals surface area contributed by atoms with E-state index >= 15 is 0 Å². The van der Waals surface area contributed by atoms with Gasteiger partial charge >= 0.3 is 6.18 Å². The van der Waals surface area contributed by atoms with Crippen LogP contribution in [0.1, 0.15) is 40.1 Å². The van der Waals surface area contributed by atoms with Gasteiger partial charge in [0.15, 0.2) is 11.3 Å². The number of rotatable bonds is 5. The largest absolute Gasteiger partial charge is 0.433 e. The molecule has 13 heteroatoms. The van der Waals surface area contributed by atoms with Gasteiger partial charge in [-0.2, -0.15) is 28.5 Å². The zero-order chi connectivity index (χ0) is 23.2. The molecule has 0 spiro atoms. The van der Waals surface area contributed by atoms with Crippen molar-refractivity contribution in [2.24, 2.45) is 0 Å². The van der Waals surface area contributed by atoms with Gasteiger partial charge in [0.25, 0.3) is 5.91 Å². The lowest BCUT2D eigenvalue weighted by Gasteiger charge is -2.09. The van der Waals surface area contributed by atoms with E-state index in [1.54, 1.807) is 17.1 Å². The Labute approximate surface area is 188 Å². The fourth-order valence-electron chi connectivity index (χ4n) is 3.30. The number of amides is 1. The predicted octanol–water partition coefficient (Wildman–Crippen LogP) is 3.84. The zero-order valence-corrected chi connectivity index (χ0v) is 18.9. The smallest absolute Gasteiger partial charge is 0.318 e. The molecule has 0 fully saturated rings. The van der Waals surface area contributed by atoms with E-state index < -0.39 is 17.8 Å². The molecule has 0 radical (unpaired) electrons. The Morgan fingerprint density at radius 3 is 2.62 bits per heavy atom. The van der Waals surface area contributed by atoms with Crippen LogP contribution in [-0.2, 0) is 19.3 Å². The average Bonchev–Trinajstić information content (AvgIpc) is 3.40. The first kappa shape index (κ1) is 22.0. The number of nitrogens with zero attached hydrogens (tertiary/aromatic N) is 7. The highest BCUT2D eigenvalue weighted by Crippen LogP contribution is 2.32. The Morgan fingerprint density at radius 1 is 1.22 bits per heavy atom. The zero-order valence-electron chi connectivity index (χ0n) is 17.3. The minimum absolute atomic E-state index is 0.0687. The third kappa shape index (κ3) is 3.99. The Hall–Kier alpha value is -3.22. The van der Waals surface area contributed by atoms with E-state index in [9.17, 15) is 18.0 Å². The van der Waals surface area contributed by atoms with E-state index in [1.807, 2.05) is 18.5 Å². The van der Waals surface area contributed by atoms with Crippen molar-refractivity contribution in [3.8, 4) is 0 Å². The summed E-state index contributed by atoms with van der Waals surface area (Å²) in [5.74, 6) is -0.692. The Bertz CT molecular complexity index is 1320. The predicted molar refractivity (Wildman–Crippen MR) is 112 cm³/mol. The van der Waals surface area contributed by atoms with Crippen LogP contribution in [0.5, 0.6) is 0 Å². The second-order valence-corrected chi connectivity index (χ2v) is 7.92. The van der Waals surface area contributed by atoms with Gasteiger partial charge in [-0.25, -0.2) is 9.50 Å². The maximum Gasteiger partial charge on any atom is 0.433 e. The maximum atomic E-state index is 13.4. The summed E-state index contributed by atoms with van der Waals surface area (Å²) in [7, 11) is 0. The number of aryl methyl sites for hydroxylation is 2. The molecule has 32 heavy (non-hydrogen) atoms. The van der Waals surface area contributed by atoms with Crippen molar-refractivity contribution in [2.45, 2.75) is 40.0 Å². The average molecular weight is 511 g/mol. The topological polar surface area (TPSA) is 94.9 Å². The Kier molecular flexibility index (Phi) is 5.53. The first-order valence-electron chi connectivity index (χ1n) is 9.56. The van der Waals surface area contributed by atoms with Gasteiger partial charge in [0.1, 0.15) is 5.69 Å². The molecule has 1 N–H and O–H groups in total. The van der Waals surface area contributed by atoms with Gasteiger partial charge in [0.05, 0.1) is 29.1 Å². The molecular weight excluding hydrogens is 493 g/mol. The number of fused-ring (bicyclic) bond motifs is 1. The summed E-state index contributed by atoms with van der Waals surface area (Å²) < 4.78 is 44.4. The highest BCUT2D eigenvalue weighted by Gasteiger charge is 2.36. The number of alkyl halides is 3. The quantitative estimate of drug-likeness (QED) is 0.440. The van der Waals surface area contributed by atoms with E-state index in [2.05, 4.69) is 41.5 Å². The molecule has 0 aliphatic carbocycles. The number of hydrogen-bond donors (Lipinski definition) is 1. The Balaban J connectivity index is 1.58. The van der Waals surface area contributed by atoms with Gasteiger partial charge < -0.3 is 5.32 Å². The third-order valence-corrected chi connectivity index (χ3v) is 5.62. The second-order valence-electron chi connectivity index (χ2n) is 7.13. The van der Waals surface area contributed by atoms with Crippen molar-refractivity contribution in [3.05, 3.63) is 57.5 Å². The lowest BCUT2D eigenvalue weighted by Crippen LogP contribution is -2.15. The number of aromatic nitrogens is 7. The number of nitrogens with one attached hydrogen (secondary N) is 1. The van der Waals surface area contributed by atoms with E-state index in [1.165, 1.54) is 13.1 Å². The normalized spacial score (nSPS) is 12.0. The highest BCUT2D eigenvalue weighted by atomic mass is 79.9. The van der Waals surface area contributed by atoms with Gasteiger partial charge in [0, 0.05) is 29.7 Å². The summed E-state index contributed by atoms with van der Waals surface area (Å²) in [5, 5.41) is 15.0. The molecule has 4 aromatic rings. The Morgan fingerprint density at radius 2 is 1.97 bits per heavy atom. The molecule has 0 unspecified atom stereocenters. The van der Waals surface area contributed by atoms with Crippen LogP contribution in [0, 0.1) is 13.8 Å². The van der Waals surface area contributed by atoms with Crippen LogP contribution in [0.3, 0.4) is 0 Å². The second kappa shape index (κ2) is 8.04. The van der Waals surface area contributed by atoms with Crippen LogP contribution in [0.15, 0.2) is 29.1 Å². The SMILES string of the molecule is CCn1ncc(Cn2cc(NC(=O)c3nn4c(C(F)(F)F)cc(C)nc4c3Br)cn2)c1C. The molecule has 4 rings (SSSR count). The lowest BCUT2D eigenvalue weighted by atomic mass is 10.2. The van der Waals surface area contributed by atoms with Gasteiger partial charge in [0.2, 0.25) is 0 Å². The van der Waals surface area contributed by atoms with Crippen LogP contribution >= 0.6 is 15.9 Å². The molecule has 4 aromatic heterocycles. The monoisotopic (exact) mass is 510 g/mol. The number of halogens is 4. The van der Waals surface area contributed by atoms with Crippen molar-refractivity contribution >= 4 is 33.2 Å². The molecule has 168 valence electrons. The lowest BCUT2D eigenvalue weighted by molar-refractivity contribution is -0.142. The molecule has 0 saturated heterocycles. The maximum absolute atomic E-state index is 13.4. The number of anilines is 1. The molecule has 0 aliphatic heterocycles. The summed E-state index contributed by atoms with van der Waals surface area (Å²) >= 11 is 3.16. The first-order chi connectivity index (χ1) is 15.1. The molecule has 9 nitrogen and oxygen atoms in total. The van der Waals surface area contributed by atoms with E-state index in [0.29, 0.717) is 16.7 Å². The molecule has 4 heterocycles. The number of carbonyl (C=O) groups excluding carboxylic acids is 1. The molecule has 1 amide bonds. The van der Waals surface area contributed by atoms with E-state index in [0.717, 1.165) is 23.9 Å². The van der Waals surface area contributed by atoms with Crippen molar-refractivity contribution < 1.29 is 18.0 Å². The van der Waals surface area contributed by atoms with Crippen LogP contribution in [0.4, 0.5) is 18.9 Å². The fourth-order valence-corrected chi connectivity index (χ4v) is 3.81.